The molecule has 1 amide bonds. The zero-order valence-corrected chi connectivity index (χ0v) is 11.1. The fraction of sp³-hybridized carbons (Fsp3) is 0.188. The van der Waals surface area contributed by atoms with Crippen molar-refractivity contribution in [3.63, 3.8) is 0 Å². The number of benzene rings is 2. The van der Waals surface area contributed by atoms with E-state index < -0.39 is 0 Å². The SMILES string of the molecule is Cc1cccc(C)c1N1C(=O)CNc2ccccc21. The van der Waals surface area contributed by atoms with E-state index in [1.807, 2.05) is 61.2 Å². The third-order valence-electron chi connectivity index (χ3n) is 3.49. The van der Waals surface area contributed by atoms with E-state index in [-0.39, 0.29) is 5.91 Å². The van der Waals surface area contributed by atoms with Crippen LogP contribution in [0.5, 0.6) is 0 Å². The maximum Gasteiger partial charge on any atom is 0.250 e. The molecule has 0 spiro atoms. The number of rotatable bonds is 1. The summed E-state index contributed by atoms with van der Waals surface area (Å²) in [6.07, 6.45) is 0. The van der Waals surface area contributed by atoms with E-state index in [1.54, 1.807) is 0 Å². The van der Waals surface area contributed by atoms with Crippen LogP contribution >= 0.6 is 0 Å². The van der Waals surface area contributed by atoms with Crippen molar-refractivity contribution < 1.29 is 4.79 Å². The molecule has 3 heteroatoms. The predicted molar refractivity (Wildman–Crippen MR) is 78.0 cm³/mol. The van der Waals surface area contributed by atoms with Crippen LogP contribution < -0.4 is 10.2 Å². The average molecular weight is 252 g/mol. The maximum atomic E-state index is 12.3. The van der Waals surface area contributed by atoms with Gasteiger partial charge in [-0.25, -0.2) is 0 Å². The van der Waals surface area contributed by atoms with Crippen LogP contribution in [0.3, 0.4) is 0 Å². The first kappa shape index (κ1) is 11.8. The van der Waals surface area contributed by atoms with E-state index in [4.69, 9.17) is 0 Å². The van der Waals surface area contributed by atoms with Gasteiger partial charge in [0.15, 0.2) is 0 Å². The number of aryl methyl sites for hydroxylation is 2. The van der Waals surface area contributed by atoms with Gasteiger partial charge in [-0.15, -0.1) is 0 Å². The fourth-order valence-corrected chi connectivity index (χ4v) is 2.61. The highest BCUT2D eigenvalue weighted by atomic mass is 16.2. The van der Waals surface area contributed by atoms with Crippen molar-refractivity contribution in [2.75, 3.05) is 16.8 Å². The van der Waals surface area contributed by atoms with E-state index in [0.717, 1.165) is 28.2 Å². The Bertz CT molecular complexity index is 629. The lowest BCUT2D eigenvalue weighted by atomic mass is 10.1. The summed E-state index contributed by atoms with van der Waals surface area (Å²) >= 11 is 0. The second-order valence-electron chi connectivity index (χ2n) is 4.84. The minimum Gasteiger partial charge on any atom is -0.374 e. The summed E-state index contributed by atoms with van der Waals surface area (Å²) in [6.45, 7) is 4.42. The second kappa shape index (κ2) is 4.43. The number of nitrogens with zero attached hydrogens (tertiary/aromatic N) is 1. The molecule has 3 rings (SSSR count). The van der Waals surface area contributed by atoms with Gasteiger partial charge in [-0.1, -0.05) is 30.3 Å². The van der Waals surface area contributed by atoms with Crippen LogP contribution in [0.1, 0.15) is 11.1 Å². The molecule has 96 valence electrons. The first-order valence-electron chi connectivity index (χ1n) is 6.40. The lowest BCUT2D eigenvalue weighted by Crippen LogP contribution is -2.37. The molecule has 0 unspecified atom stereocenters. The van der Waals surface area contributed by atoms with Gasteiger partial charge >= 0.3 is 0 Å². The summed E-state index contributed by atoms with van der Waals surface area (Å²) < 4.78 is 0. The summed E-state index contributed by atoms with van der Waals surface area (Å²) in [5.74, 6) is 0.0797. The van der Waals surface area contributed by atoms with Gasteiger partial charge in [0.05, 0.1) is 23.6 Å². The van der Waals surface area contributed by atoms with Crippen molar-refractivity contribution in [3.8, 4) is 0 Å². The van der Waals surface area contributed by atoms with Gasteiger partial charge < -0.3 is 5.32 Å². The monoisotopic (exact) mass is 252 g/mol. The Morgan fingerprint density at radius 3 is 2.42 bits per heavy atom. The third kappa shape index (κ3) is 1.87. The number of hydrogen-bond acceptors (Lipinski definition) is 2. The van der Waals surface area contributed by atoms with Crippen LogP contribution in [-0.4, -0.2) is 12.5 Å². The van der Waals surface area contributed by atoms with E-state index in [0.29, 0.717) is 6.54 Å². The first-order valence-corrected chi connectivity index (χ1v) is 6.40. The minimum atomic E-state index is 0.0797. The number of para-hydroxylation sites is 3. The molecule has 2 aromatic carbocycles. The molecule has 3 nitrogen and oxygen atoms in total. The van der Waals surface area contributed by atoms with Crippen molar-refractivity contribution in [1.82, 2.24) is 0 Å². The topological polar surface area (TPSA) is 32.3 Å². The van der Waals surface area contributed by atoms with Crippen LogP contribution in [0, 0.1) is 13.8 Å². The highest BCUT2D eigenvalue weighted by Crippen LogP contribution is 2.37. The number of anilines is 3. The highest BCUT2D eigenvalue weighted by Gasteiger charge is 2.26. The molecule has 2 aromatic rings. The van der Waals surface area contributed by atoms with Crippen molar-refractivity contribution >= 4 is 23.0 Å². The number of nitrogens with one attached hydrogen (secondary N) is 1. The number of fused-ring (bicyclic) bond motifs is 1. The summed E-state index contributed by atoms with van der Waals surface area (Å²) in [4.78, 5) is 14.2. The maximum absolute atomic E-state index is 12.3. The van der Waals surface area contributed by atoms with Crippen LogP contribution in [0.15, 0.2) is 42.5 Å². The Kier molecular flexibility index (Phi) is 2.75. The molecule has 1 heterocycles. The van der Waals surface area contributed by atoms with Gasteiger partial charge in [0.2, 0.25) is 0 Å². The molecule has 19 heavy (non-hydrogen) atoms. The van der Waals surface area contributed by atoms with Crippen LogP contribution in [0.4, 0.5) is 17.1 Å². The fourth-order valence-electron chi connectivity index (χ4n) is 2.61. The van der Waals surface area contributed by atoms with Gasteiger partial charge in [0, 0.05) is 0 Å². The molecule has 1 aliphatic rings. The zero-order chi connectivity index (χ0) is 13.4. The largest absolute Gasteiger partial charge is 0.374 e. The van der Waals surface area contributed by atoms with Crippen molar-refractivity contribution in [2.45, 2.75) is 13.8 Å². The summed E-state index contributed by atoms with van der Waals surface area (Å²) in [5.41, 5.74) is 5.16. The molecule has 1 aliphatic heterocycles. The molecular weight excluding hydrogens is 236 g/mol. The van der Waals surface area contributed by atoms with Crippen LogP contribution in [0.25, 0.3) is 0 Å². The summed E-state index contributed by atoms with van der Waals surface area (Å²) in [6, 6.07) is 14.0. The quantitative estimate of drug-likeness (QED) is 0.843. The number of carbonyl (C=O) groups is 1. The molecule has 0 saturated heterocycles. The molecule has 1 N–H and O–H groups in total. The van der Waals surface area contributed by atoms with Crippen LogP contribution in [-0.2, 0) is 4.79 Å². The smallest absolute Gasteiger partial charge is 0.250 e. The van der Waals surface area contributed by atoms with Gasteiger partial charge in [-0.3, -0.25) is 9.69 Å². The van der Waals surface area contributed by atoms with Crippen molar-refractivity contribution in [3.05, 3.63) is 53.6 Å². The third-order valence-corrected chi connectivity index (χ3v) is 3.49. The number of carbonyl (C=O) groups excluding carboxylic acids is 1. The molecule has 0 atom stereocenters. The molecule has 0 aliphatic carbocycles. The number of hydrogen-bond donors (Lipinski definition) is 1. The second-order valence-corrected chi connectivity index (χ2v) is 4.84. The van der Waals surface area contributed by atoms with Crippen molar-refractivity contribution in [1.29, 1.82) is 0 Å². The zero-order valence-electron chi connectivity index (χ0n) is 11.1. The molecule has 0 bridgehead atoms. The van der Waals surface area contributed by atoms with E-state index in [9.17, 15) is 4.79 Å². The minimum absolute atomic E-state index is 0.0797. The standard InChI is InChI=1S/C16H16N2O/c1-11-6-5-7-12(2)16(11)18-14-9-4-3-8-13(14)17-10-15(18)19/h3-9,17H,10H2,1-2H3. The highest BCUT2D eigenvalue weighted by molar-refractivity contribution is 6.09. The Morgan fingerprint density at radius 2 is 1.68 bits per heavy atom. The Labute approximate surface area is 112 Å². The van der Waals surface area contributed by atoms with Gasteiger partial charge in [0.25, 0.3) is 5.91 Å². The first-order chi connectivity index (χ1) is 9.18. The molecule has 0 saturated carbocycles. The van der Waals surface area contributed by atoms with Gasteiger partial charge in [-0.05, 0) is 37.1 Å². The van der Waals surface area contributed by atoms with E-state index in [1.165, 1.54) is 0 Å². The molecule has 0 fully saturated rings. The summed E-state index contributed by atoms with van der Waals surface area (Å²) in [7, 11) is 0. The Morgan fingerprint density at radius 1 is 1.00 bits per heavy atom. The van der Waals surface area contributed by atoms with Gasteiger partial charge in [0.1, 0.15) is 0 Å². The van der Waals surface area contributed by atoms with Gasteiger partial charge in [-0.2, -0.15) is 0 Å². The van der Waals surface area contributed by atoms with E-state index >= 15 is 0 Å². The Hall–Kier alpha value is -2.29. The lowest BCUT2D eigenvalue weighted by Gasteiger charge is -2.32. The molecular formula is C16H16N2O. The van der Waals surface area contributed by atoms with E-state index in [2.05, 4.69) is 5.32 Å². The average Bonchev–Trinajstić information content (AvgIpc) is 2.41. The summed E-state index contributed by atoms with van der Waals surface area (Å²) in [5, 5.41) is 3.16. The molecule has 0 aromatic heterocycles. The predicted octanol–water partition coefficient (Wildman–Crippen LogP) is 3.39. The van der Waals surface area contributed by atoms with Crippen LogP contribution in [0.2, 0.25) is 0 Å². The normalized spacial score (nSPS) is 14.0. The molecule has 0 radical (unpaired) electrons. The van der Waals surface area contributed by atoms with Crippen molar-refractivity contribution in [2.24, 2.45) is 0 Å². The lowest BCUT2D eigenvalue weighted by molar-refractivity contribution is -0.116. The Balaban J connectivity index is 2.22. The number of amides is 1.